The molecule has 0 aliphatic heterocycles. The van der Waals surface area contributed by atoms with Crippen LogP contribution in [0.4, 0.5) is 11.4 Å². The van der Waals surface area contributed by atoms with Gasteiger partial charge < -0.3 is 15.5 Å². The average Bonchev–Trinajstić information content (AvgIpc) is 3.10. The van der Waals surface area contributed by atoms with Crippen molar-refractivity contribution in [3.8, 4) is 0 Å². The number of aryl methyl sites for hydroxylation is 1. The van der Waals surface area contributed by atoms with Crippen LogP contribution >= 0.6 is 11.3 Å². The zero-order valence-corrected chi connectivity index (χ0v) is 15.5. The minimum Gasteiger partial charge on any atom is -0.346 e. The number of nitrogens with one attached hydrogen (secondary N) is 2. The monoisotopic (exact) mass is 376 g/mol. The maximum Gasteiger partial charge on any atom is 0.313 e. The summed E-state index contributed by atoms with van der Waals surface area (Å²) >= 11 is 1.58. The van der Waals surface area contributed by atoms with E-state index in [9.17, 15) is 19.7 Å². The Labute approximate surface area is 155 Å². The first-order valence-corrected chi connectivity index (χ1v) is 8.71. The topological polar surface area (TPSA) is 105 Å². The molecule has 0 fully saturated rings. The van der Waals surface area contributed by atoms with Crippen LogP contribution in [0.2, 0.25) is 0 Å². The molecule has 26 heavy (non-hydrogen) atoms. The molecule has 2 aromatic rings. The van der Waals surface area contributed by atoms with Crippen molar-refractivity contribution in [2.24, 2.45) is 0 Å². The second-order valence-electron chi connectivity index (χ2n) is 5.92. The quantitative estimate of drug-likeness (QED) is 0.457. The second-order valence-corrected chi connectivity index (χ2v) is 6.89. The molecule has 0 aliphatic rings. The Balaban J connectivity index is 1.97. The molecule has 0 aliphatic carbocycles. The smallest absolute Gasteiger partial charge is 0.313 e. The molecule has 8 nitrogen and oxygen atoms in total. The zero-order chi connectivity index (χ0) is 19.3. The summed E-state index contributed by atoms with van der Waals surface area (Å²) in [6.07, 6.45) is 0. The van der Waals surface area contributed by atoms with Crippen molar-refractivity contribution in [3.05, 3.63) is 56.3 Å². The van der Waals surface area contributed by atoms with Gasteiger partial charge in [0.25, 0.3) is 5.69 Å². The Morgan fingerprint density at radius 3 is 2.54 bits per heavy atom. The molecule has 0 saturated heterocycles. The summed E-state index contributed by atoms with van der Waals surface area (Å²) in [4.78, 5) is 37.4. The predicted molar refractivity (Wildman–Crippen MR) is 100 cm³/mol. The fourth-order valence-corrected chi connectivity index (χ4v) is 3.29. The SMILES string of the molecule is Cc1cc([N+](=O)[O-])ccc1NC(=O)C(=O)NC[C@@H](c1cccs1)N(C)C. The van der Waals surface area contributed by atoms with Crippen molar-refractivity contribution in [2.75, 3.05) is 26.0 Å². The number of thiophene rings is 1. The summed E-state index contributed by atoms with van der Waals surface area (Å²) in [5.74, 6) is -1.57. The molecule has 9 heteroatoms. The molecular weight excluding hydrogens is 356 g/mol. The molecule has 1 aromatic heterocycles. The van der Waals surface area contributed by atoms with Crippen molar-refractivity contribution in [1.29, 1.82) is 0 Å². The molecule has 0 saturated carbocycles. The molecule has 1 heterocycles. The van der Waals surface area contributed by atoms with Gasteiger partial charge in [-0.05, 0) is 44.1 Å². The van der Waals surface area contributed by atoms with E-state index in [1.54, 1.807) is 18.3 Å². The normalized spacial score (nSPS) is 11.8. The van der Waals surface area contributed by atoms with Gasteiger partial charge in [0.2, 0.25) is 0 Å². The molecule has 0 spiro atoms. The van der Waals surface area contributed by atoms with Gasteiger partial charge in [0, 0.05) is 29.2 Å². The van der Waals surface area contributed by atoms with Gasteiger partial charge in [-0.25, -0.2) is 0 Å². The lowest BCUT2D eigenvalue weighted by Gasteiger charge is -2.23. The van der Waals surface area contributed by atoms with Gasteiger partial charge in [-0.2, -0.15) is 0 Å². The highest BCUT2D eigenvalue weighted by Crippen LogP contribution is 2.23. The fourth-order valence-electron chi connectivity index (χ4n) is 2.37. The number of rotatable bonds is 6. The summed E-state index contributed by atoms with van der Waals surface area (Å²) in [7, 11) is 3.80. The third-order valence-electron chi connectivity index (χ3n) is 3.83. The highest BCUT2D eigenvalue weighted by molar-refractivity contribution is 7.10. The van der Waals surface area contributed by atoms with Crippen LogP contribution < -0.4 is 10.6 Å². The molecule has 2 rings (SSSR count). The number of carbonyl (C=O) groups excluding carboxylic acids is 2. The number of anilines is 1. The van der Waals surface area contributed by atoms with Crippen LogP contribution in [0, 0.1) is 17.0 Å². The Hall–Kier alpha value is -2.78. The number of nitro groups is 1. The lowest BCUT2D eigenvalue weighted by molar-refractivity contribution is -0.384. The Bertz CT molecular complexity index is 805. The van der Waals surface area contributed by atoms with Crippen LogP contribution in [0.15, 0.2) is 35.7 Å². The van der Waals surface area contributed by atoms with Gasteiger partial charge in [-0.1, -0.05) is 6.07 Å². The van der Waals surface area contributed by atoms with Gasteiger partial charge in [0.1, 0.15) is 0 Å². The number of carbonyl (C=O) groups is 2. The fraction of sp³-hybridized carbons (Fsp3) is 0.294. The molecule has 0 bridgehead atoms. The molecule has 138 valence electrons. The van der Waals surface area contributed by atoms with E-state index in [2.05, 4.69) is 10.6 Å². The summed E-state index contributed by atoms with van der Waals surface area (Å²) in [6, 6.07) is 7.90. The third-order valence-corrected chi connectivity index (χ3v) is 4.80. The molecular formula is C17H20N4O4S. The van der Waals surface area contributed by atoms with Crippen LogP contribution in [0.25, 0.3) is 0 Å². The van der Waals surface area contributed by atoms with Crippen molar-refractivity contribution >= 4 is 34.5 Å². The number of nitro benzene ring substituents is 1. The van der Waals surface area contributed by atoms with Crippen LogP contribution in [-0.4, -0.2) is 42.3 Å². The minimum atomic E-state index is -0.814. The number of likely N-dealkylation sites (N-methyl/N-ethyl adjacent to an activating group) is 1. The second kappa shape index (κ2) is 8.54. The number of benzene rings is 1. The largest absolute Gasteiger partial charge is 0.346 e. The molecule has 2 amide bonds. The Morgan fingerprint density at radius 2 is 2.00 bits per heavy atom. The third kappa shape index (κ3) is 4.87. The number of non-ortho nitro benzene ring substituents is 1. The van der Waals surface area contributed by atoms with Crippen molar-refractivity contribution < 1.29 is 14.5 Å². The first kappa shape index (κ1) is 19.5. The Morgan fingerprint density at radius 1 is 1.27 bits per heavy atom. The van der Waals surface area contributed by atoms with Crippen LogP contribution in [0.1, 0.15) is 16.5 Å². The highest BCUT2D eigenvalue weighted by Gasteiger charge is 2.20. The first-order valence-electron chi connectivity index (χ1n) is 7.83. The highest BCUT2D eigenvalue weighted by atomic mass is 32.1. The lowest BCUT2D eigenvalue weighted by Crippen LogP contribution is -2.40. The maximum atomic E-state index is 12.1. The van der Waals surface area contributed by atoms with E-state index in [1.165, 1.54) is 18.2 Å². The van der Waals surface area contributed by atoms with Crippen LogP contribution in [0.3, 0.4) is 0 Å². The number of nitrogens with zero attached hydrogens (tertiary/aromatic N) is 2. The predicted octanol–water partition coefficient (Wildman–Crippen LogP) is 2.32. The van der Waals surface area contributed by atoms with Crippen molar-refractivity contribution in [2.45, 2.75) is 13.0 Å². The minimum absolute atomic E-state index is 0.0344. The molecule has 1 aromatic carbocycles. The average molecular weight is 376 g/mol. The van der Waals surface area contributed by atoms with Crippen LogP contribution in [-0.2, 0) is 9.59 Å². The zero-order valence-electron chi connectivity index (χ0n) is 14.7. The molecule has 0 radical (unpaired) electrons. The lowest BCUT2D eigenvalue weighted by atomic mass is 10.2. The summed E-state index contributed by atoms with van der Waals surface area (Å²) in [5, 5.41) is 17.8. The number of amides is 2. The van der Waals surface area contributed by atoms with Crippen molar-refractivity contribution in [3.63, 3.8) is 0 Å². The summed E-state index contributed by atoms with van der Waals surface area (Å²) < 4.78 is 0. The van der Waals surface area contributed by atoms with Gasteiger partial charge in [0.05, 0.1) is 11.0 Å². The molecule has 0 unspecified atom stereocenters. The van der Waals surface area contributed by atoms with E-state index in [-0.39, 0.29) is 11.7 Å². The standard InChI is InChI=1S/C17H20N4O4S/c1-11-9-12(21(24)25)6-7-13(11)19-17(23)16(22)18-10-14(20(2)3)15-5-4-8-26-15/h4-9,14H,10H2,1-3H3,(H,18,22)(H,19,23)/t14-/m0/s1. The van der Waals surface area contributed by atoms with Gasteiger partial charge in [-0.3, -0.25) is 19.7 Å². The first-order chi connectivity index (χ1) is 12.3. The van der Waals surface area contributed by atoms with Crippen LogP contribution in [0.5, 0.6) is 0 Å². The number of hydrogen-bond donors (Lipinski definition) is 2. The molecule has 2 N–H and O–H groups in total. The van der Waals surface area contributed by atoms with Gasteiger partial charge in [0.15, 0.2) is 0 Å². The number of hydrogen-bond acceptors (Lipinski definition) is 6. The van der Waals surface area contributed by atoms with E-state index < -0.39 is 16.7 Å². The van der Waals surface area contributed by atoms with E-state index in [1.807, 2.05) is 36.5 Å². The van der Waals surface area contributed by atoms with E-state index in [0.29, 0.717) is 17.8 Å². The maximum absolute atomic E-state index is 12.1. The Kier molecular flexibility index (Phi) is 6.42. The van der Waals surface area contributed by atoms with E-state index in [0.717, 1.165) is 4.88 Å². The van der Waals surface area contributed by atoms with Gasteiger partial charge >= 0.3 is 11.8 Å². The van der Waals surface area contributed by atoms with Gasteiger partial charge in [-0.15, -0.1) is 11.3 Å². The van der Waals surface area contributed by atoms with E-state index >= 15 is 0 Å². The molecule has 1 atom stereocenters. The summed E-state index contributed by atoms with van der Waals surface area (Å²) in [5.41, 5.74) is 0.790. The van der Waals surface area contributed by atoms with Crippen molar-refractivity contribution in [1.82, 2.24) is 10.2 Å². The van der Waals surface area contributed by atoms with E-state index in [4.69, 9.17) is 0 Å². The summed E-state index contributed by atoms with van der Waals surface area (Å²) in [6.45, 7) is 1.92.